The highest BCUT2D eigenvalue weighted by molar-refractivity contribution is 5.89. The number of carbonyl (C=O) groups excluding carboxylic acids is 1. The van der Waals surface area contributed by atoms with Gasteiger partial charge in [-0.2, -0.15) is 0 Å². The second-order valence-electron chi connectivity index (χ2n) is 8.36. The molecular weight excluding hydrogens is 494 g/mol. The van der Waals surface area contributed by atoms with Gasteiger partial charge in [0, 0.05) is 24.0 Å². The minimum absolute atomic E-state index is 0. The van der Waals surface area contributed by atoms with Crippen LogP contribution < -0.4 is 5.11 Å². The number of likely N-dealkylation sites (N-methyl/N-ethyl adjacent to an activating group) is 1. The molecule has 0 saturated heterocycles. The normalized spacial score (nSPS) is 19.8. The fourth-order valence-electron chi connectivity index (χ4n) is 5.09. The van der Waals surface area contributed by atoms with Crippen molar-refractivity contribution in [1.82, 2.24) is 4.90 Å². The molecule has 0 spiro atoms. The van der Waals surface area contributed by atoms with E-state index < -0.39 is 29.4 Å². The highest BCUT2D eigenvalue weighted by Crippen LogP contribution is 2.52. The van der Waals surface area contributed by atoms with Gasteiger partial charge in [-0.3, -0.25) is 4.90 Å². The maximum Gasteiger partial charge on any atom is 1.00 e. The lowest BCUT2D eigenvalue weighted by Gasteiger charge is -2.54. The van der Waals surface area contributed by atoms with Crippen LogP contribution in [0, 0.1) is 5.92 Å². The number of rotatable bonds is 13. The number of ether oxygens (including phenoxy) is 3. The molecule has 2 rings (SSSR count). The lowest BCUT2D eigenvalue weighted by Crippen LogP contribution is -2.64. The van der Waals surface area contributed by atoms with E-state index in [1.165, 1.54) is 7.11 Å². The van der Waals surface area contributed by atoms with Crippen LogP contribution in [-0.4, -0.2) is 73.0 Å². The van der Waals surface area contributed by atoms with Crippen molar-refractivity contribution in [2.75, 3.05) is 34.4 Å². The fraction of sp³-hybridized carbons (Fsp3) is 0.464. The van der Waals surface area contributed by atoms with Gasteiger partial charge in [-0.25, -0.2) is 9.59 Å². The van der Waals surface area contributed by atoms with Crippen LogP contribution in [0.1, 0.15) is 46.5 Å². The molecule has 3 unspecified atom stereocenters. The number of aliphatic carboxylic acids is 3. The second-order valence-corrected chi connectivity index (χ2v) is 8.36. The Morgan fingerprint density at radius 3 is 1.92 bits per heavy atom. The van der Waals surface area contributed by atoms with Crippen molar-refractivity contribution in [2.45, 2.75) is 45.1 Å². The van der Waals surface area contributed by atoms with Gasteiger partial charge in [0.2, 0.25) is 5.76 Å². The van der Waals surface area contributed by atoms with E-state index in [0.29, 0.717) is 42.5 Å². The highest BCUT2D eigenvalue weighted by Gasteiger charge is 2.57. The van der Waals surface area contributed by atoms with Crippen LogP contribution in [0.2, 0.25) is 0 Å². The first kappa shape index (κ1) is 32.2. The van der Waals surface area contributed by atoms with Crippen molar-refractivity contribution >= 4 is 17.9 Å². The molecule has 1 aromatic carbocycles. The predicted molar refractivity (Wildman–Crippen MR) is 140 cm³/mol. The Bertz CT molecular complexity index is 1020. The topological polar surface area (TPSA) is 146 Å². The van der Waals surface area contributed by atoms with Crippen molar-refractivity contribution < 1.29 is 45.3 Å². The Kier molecular flexibility index (Phi) is 13.1. The Hall–Kier alpha value is -3.79. The molecule has 0 fully saturated rings. The van der Waals surface area contributed by atoms with Crippen molar-refractivity contribution in [3.63, 3.8) is 0 Å². The molecule has 0 radical (unpaired) electrons. The summed E-state index contributed by atoms with van der Waals surface area (Å²) in [5, 5.41) is 28.2. The standard InChI is InChI=1S/C24H35NO5.C4H4O4/c1-7-13-18(17-14-11-10-12-15-17)24(25(8-2)9-3)19(23(26)27)16-20(28-4)21(29-5)22(24)30-6;5-3(6)1-2-4(7)8/h10-12,14-16,18-19H,7-9,13H2,1-6H3,(H,26,27);1-2H,(H,5,6)(H,7,8)/b;2-1-. The summed E-state index contributed by atoms with van der Waals surface area (Å²) in [5.41, 5.74) is 0.0266. The molecule has 0 aromatic heterocycles. The number of carbonyl (C=O) groups is 3. The smallest absolute Gasteiger partial charge is 0.549 e. The molecule has 1 aliphatic carbocycles. The summed E-state index contributed by atoms with van der Waals surface area (Å²) in [7, 11) is 4.60. The molecule has 0 aliphatic heterocycles. The van der Waals surface area contributed by atoms with Gasteiger partial charge in [0.15, 0.2) is 11.5 Å². The SMILES string of the molecule is CCCC(c1ccccc1)C1(N(CC)CC)C(OC)=C(OC)C(OC)=CC1C(=O)[O-].O=C(O)/C=C\C(=O)O.[H+]. The highest BCUT2D eigenvalue weighted by atomic mass is 16.5. The summed E-state index contributed by atoms with van der Waals surface area (Å²) in [4.78, 5) is 33.9. The van der Waals surface area contributed by atoms with Gasteiger partial charge in [0.25, 0.3) is 0 Å². The molecule has 0 bridgehead atoms. The molecule has 3 atom stereocenters. The van der Waals surface area contributed by atoms with Crippen LogP contribution >= 0.6 is 0 Å². The molecule has 0 amide bonds. The molecule has 0 heterocycles. The molecular formula is C28H39NO9. The fourth-order valence-corrected chi connectivity index (χ4v) is 5.09. The van der Waals surface area contributed by atoms with E-state index in [9.17, 15) is 19.5 Å². The second kappa shape index (κ2) is 15.5. The van der Waals surface area contributed by atoms with Gasteiger partial charge in [-0.1, -0.05) is 57.5 Å². The van der Waals surface area contributed by atoms with E-state index in [0.717, 1.165) is 18.4 Å². The number of methoxy groups -OCH3 is 3. The number of benzene rings is 1. The Morgan fingerprint density at radius 2 is 1.55 bits per heavy atom. The van der Waals surface area contributed by atoms with Gasteiger partial charge < -0.3 is 34.3 Å². The van der Waals surface area contributed by atoms with Gasteiger partial charge in [0.05, 0.1) is 27.3 Å². The summed E-state index contributed by atoms with van der Waals surface area (Å²) in [6.45, 7) is 7.43. The number of hydrogen-bond donors (Lipinski definition) is 2. The first-order valence-electron chi connectivity index (χ1n) is 12.3. The zero-order valence-corrected chi connectivity index (χ0v) is 22.8. The van der Waals surface area contributed by atoms with E-state index in [1.54, 1.807) is 20.3 Å². The lowest BCUT2D eigenvalue weighted by molar-refractivity contribution is -0.314. The van der Waals surface area contributed by atoms with Crippen LogP contribution in [0.5, 0.6) is 0 Å². The molecule has 2 N–H and O–H groups in total. The number of nitrogens with zero attached hydrogens (tertiary/aromatic N) is 1. The summed E-state index contributed by atoms with van der Waals surface area (Å²) < 4.78 is 17.1. The lowest BCUT2D eigenvalue weighted by atomic mass is 9.64. The van der Waals surface area contributed by atoms with Crippen LogP contribution in [0.15, 0.2) is 65.8 Å². The Balaban J connectivity index is 0.00000139. The largest absolute Gasteiger partial charge is 1.00 e. The maximum absolute atomic E-state index is 12.6. The number of carboxylic acids is 3. The van der Waals surface area contributed by atoms with Crippen molar-refractivity contribution in [3.8, 4) is 0 Å². The van der Waals surface area contributed by atoms with E-state index in [1.807, 2.05) is 44.2 Å². The molecule has 1 aliphatic rings. The Labute approximate surface area is 225 Å². The van der Waals surface area contributed by atoms with Crippen LogP contribution in [0.4, 0.5) is 0 Å². The Morgan fingerprint density at radius 1 is 1.00 bits per heavy atom. The van der Waals surface area contributed by atoms with Crippen molar-refractivity contribution in [3.05, 3.63) is 71.4 Å². The summed E-state index contributed by atoms with van der Waals surface area (Å²) >= 11 is 0. The average Bonchev–Trinajstić information content (AvgIpc) is 2.91. The van der Waals surface area contributed by atoms with Crippen molar-refractivity contribution in [1.29, 1.82) is 0 Å². The summed E-state index contributed by atoms with van der Waals surface area (Å²) in [6.07, 6.45) is 4.37. The van der Waals surface area contributed by atoms with E-state index in [4.69, 9.17) is 24.4 Å². The summed E-state index contributed by atoms with van der Waals surface area (Å²) in [6, 6.07) is 10.0. The van der Waals surface area contributed by atoms with Gasteiger partial charge >= 0.3 is 13.4 Å². The van der Waals surface area contributed by atoms with E-state index in [2.05, 4.69) is 11.8 Å². The number of carboxylic acid groups (broad SMARTS) is 3. The van der Waals surface area contributed by atoms with Crippen LogP contribution in [0.25, 0.3) is 0 Å². The molecule has 38 heavy (non-hydrogen) atoms. The third-order valence-corrected chi connectivity index (χ3v) is 6.43. The first-order valence-corrected chi connectivity index (χ1v) is 12.3. The minimum Gasteiger partial charge on any atom is -0.549 e. The van der Waals surface area contributed by atoms with E-state index >= 15 is 0 Å². The summed E-state index contributed by atoms with van der Waals surface area (Å²) in [5.74, 6) is -3.61. The van der Waals surface area contributed by atoms with Gasteiger partial charge in [0.1, 0.15) is 5.54 Å². The predicted octanol–water partition coefficient (Wildman–Crippen LogP) is 2.89. The molecule has 10 heteroatoms. The van der Waals surface area contributed by atoms with Crippen LogP contribution in [-0.2, 0) is 28.6 Å². The minimum atomic E-state index is -1.26. The molecule has 210 valence electrons. The number of hydrogen-bond acceptors (Lipinski definition) is 8. The third-order valence-electron chi connectivity index (χ3n) is 6.43. The zero-order valence-electron chi connectivity index (χ0n) is 23.8. The average molecular weight is 534 g/mol. The quantitative estimate of drug-likeness (QED) is 0.363. The van der Waals surface area contributed by atoms with Crippen molar-refractivity contribution in [2.24, 2.45) is 5.92 Å². The van der Waals surface area contributed by atoms with Gasteiger partial charge in [-0.05, 0) is 31.1 Å². The third kappa shape index (κ3) is 7.16. The molecule has 1 aromatic rings. The van der Waals surface area contributed by atoms with Gasteiger partial charge in [-0.15, -0.1) is 0 Å². The zero-order chi connectivity index (χ0) is 28.9. The first-order chi connectivity index (χ1) is 18.1. The van der Waals surface area contributed by atoms with E-state index in [-0.39, 0.29) is 7.34 Å². The molecule has 0 saturated carbocycles. The maximum atomic E-state index is 12.6. The van der Waals surface area contributed by atoms with Crippen LogP contribution in [0.3, 0.4) is 0 Å². The monoisotopic (exact) mass is 533 g/mol. The molecule has 10 nitrogen and oxygen atoms in total.